The van der Waals surface area contributed by atoms with Gasteiger partial charge in [-0.15, -0.1) is 0 Å². The van der Waals surface area contributed by atoms with Crippen molar-refractivity contribution in [1.82, 2.24) is 4.90 Å². The van der Waals surface area contributed by atoms with Crippen LogP contribution in [0.2, 0.25) is 0 Å². The number of carbonyl (C=O) groups excluding carboxylic acids is 2. The Kier molecular flexibility index (Phi) is 2.68. The van der Waals surface area contributed by atoms with Gasteiger partial charge in [0.15, 0.2) is 0 Å². The number of ether oxygens (including phenoxy) is 1. The predicted octanol–water partition coefficient (Wildman–Crippen LogP) is 0.806. The van der Waals surface area contributed by atoms with E-state index in [4.69, 9.17) is 4.74 Å². The third-order valence-corrected chi connectivity index (χ3v) is 1.82. The highest BCUT2D eigenvalue weighted by Gasteiger charge is 2.30. The van der Waals surface area contributed by atoms with Crippen LogP contribution in [-0.4, -0.2) is 36.0 Å². The summed E-state index contributed by atoms with van der Waals surface area (Å²) in [5, 5.41) is 0. The molecule has 0 aromatic heterocycles. The molecule has 1 rings (SSSR count). The van der Waals surface area contributed by atoms with E-state index in [1.807, 2.05) is 6.92 Å². The van der Waals surface area contributed by atoms with Crippen molar-refractivity contribution in [3.63, 3.8) is 0 Å². The van der Waals surface area contributed by atoms with E-state index in [9.17, 15) is 9.59 Å². The van der Waals surface area contributed by atoms with Crippen molar-refractivity contribution in [3.05, 3.63) is 0 Å². The number of nitrogens with zero attached hydrogens (tertiary/aromatic N) is 1. The van der Waals surface area contributed by atoms with E-state index in [1.165, 1.54) is 11.8 Å². The van der Waals surface area contributed by atoms with Gasteiger partial charge in [0, 0.05) is 0 Å². The quantitative estimate of drug-likeness (QED) is 0.631. The summed E-state index contributed by atoms with van der Waals surface area (Å²) in [6.07, 6.45) is 0.411. The van der Waals surface area contributed by atoms with Gasteiger partial charge in [-0.2, -0.15) is 0 Å². The van der Waals surface area contributed by atoms with Gasteiger partial charge in [-0.1, -0.05) is 6.92 Å². The normalized spacial score (nSPS) is 22.7. The van der Waals surface area contributed by atoms with Crippen LogP contribution in [0.1, 0.15) is 20.3 Å². The number of ketones is 1. The fourth-order valence-electron chi connectivity index (χ4n) is 1.19. The molecule has 0 aromatic rings. The lowest BCUT2D eigenvalue weighted by Gasteiger charge is -2.08. The zero-order valence-electron chi connectivity index (χ0n) is 7.37. The first kappa shape index (κ1) is 9.03. The Bertz CT molecular complexity index is 202. The van der Waals surface area contributed by atoms with Crippen molar-refractivity contribution in [2.45, 2.75) is 26.4 Å². The highest BCUT2D eigenvalue weighted by molar-refractivity contribution is 5.82. The summed E-state index contributed by atoms with van der Waals surface area (Å²) in [5.41, 5.74) is 0. The molecule has 0 aliphatic carbocycles. The second-order valence-electron chi connectivity index (χ2n) is 3.00. The van der Waals surface area contributed by atoms with Crippen molar-refractivity contribution in [2.24, 2.45) is 0 Å². The Morgan fingerprint density at radius 1 is 1.75 bits per heavy atom. The van der Waals surface area contributed by atoms with Crippen LogP contribution in [-0.2, 0) is 9.53 Å². The standard InChI is InChI=1S/C8H13NO3/c1-3-7-5-9(4-6(2)10)8(11)12-7/h7H,3-5H2,1-2H3. The molecule has 0 N–H and O–H groups in total. The largest absolute Gasteiger partial charge is 0.444 e. The Morgan fingerprint density at radius 3 is 2.83 bits per heavy atom. The number of amides is 1. The zero-order chi connectivity index (χ0) is 9.14. The third kappa shape index (κ3) is 1.96. The van der Waals surface area contributed by atoms with Crippen LogP contribution in [0.4, 0.5) is 4.79 Å². The van der Waals surface area contributed by atoms with E-state index in [1.54, 1.807) is 0 Å². The first-order valence-corrected chi connectivity index (χ1v) is 4.08. The summed E-state index contributed by atoms with van der Waals surface area (Å²) in [7, 11) is 0. The van der Waals surface area contributed by atoms with E-state index in [-0.39, 0.29) is 24.5 Å². The molecule has 1 atom stereocenters. The summed E-state index contributed by atoms with van der Waals surface area (Å²) < 4.78 is 4.96. The third-order valence-electron chi connectivity index (χ3n) is 1.82. The number of cyclic esters (lactones) is 1. The molecular weight excluding hydrogens is 158 g/mol. The van der Waals surface area contributed by atoms with Gasteiger partial charge in [0.1, 0.15) is 11.9 Å². The maximum absolute atomic E-state index is 11.0. The van der Waals surface area contributed by atoms with Crippen LogP contribution in [0.25, 0.3) is 0 Å². The molecule has 4 nitrogen and oxygen atoms in total. The molecule has 0 radical (unpaired) electrons. The van der Waals surface area contributed by atoms with Crippen LogP contribution < -0.4 is 0 Å². The summed E-state index contributed by atoms with van der Waals surface area (Å²) in [6.45, 7) is 4.14. The predicted molar refractivity (Wildman–Crippen MR) is 42.8 cm³/mol. The molecule has 0 bridgehead atoms. The minimum Gasteiger partial charge on any atom is -0.444 e. The van der Waals surface area contributed by atoms with E-state index < -0.39 is 0 Å². The lowest BCUT2D eigenvalue weighted by molar-refractivity contribution is -0.117. The molecule has 1 amide bonds. The SMILES string of the molecule is CCC1CN(CC(C)=O)C(=O)O1. The maximum atomic E-state index is 11.0. The van der Waals surface area contributed by atoms with Gasteiger partial charge in [0.05, 0.1) is 13.1 Å². The first-order chi connectivity index (χ1) is 5.63. The van der Waals surface area contributed by atoms with Crippen molar-refractivity contribution < 1.29 is 14.3 Å². The van der Waals surface area contributed by atoms with Crippen LogP contribution in [0.3, 0.4) is 0 Å². The van der Waals surface area contributed by atoms with Gasteiger partial charge in [-0.25, -0.2) is 4.79 Å². The van der Waals surface area contributed by atoms with Gasteiger partial charge >= 0.3 is 6.09 Å². The van der Waals surface area contributed by atoms with Crippen molar-refractivity contribution >= 4 is 11.9 Å². The number of rotatable bonds is 3. The van der Waals surface area contributed by atoms with E-state index >= 15 is 0 Å². The molecule has 68 valence electrons. The van der Waals surface area contributed by atoms with Crippen LogP contribution in [0, 0.1) is 0 Å². The number of hydrogen-bond acceptors (Lipinski definition) is 3. The minimum absolute atomic E-state index is 0.0105. The molecule has 4 heteroatoms. The Balaban J connectivity index is 2.46. The highest BCUT2D eigenvalue weighted by Crippen LogP contribution is 2.12. The zero-order valence-corrected chi connectivity index (χ0v) is 7.37. The van der Waals surface area contributed by atoms with Gasteiger partial charge < -0.3 is 4.74 Å². The van der Waals surface area contributed by atoms with Crippen LogP contribution in [0.5, 0.6) is 0 Å². The first-order valence-electron chi connectivity index (χ1n) is 4.08. The average molecular weight is 171 g/mol. The summed E-state index contributed by atoms with van der Waals surface area (Å²) in [6, 6.07) is 0. The monoisotopic (exact) mass is 171 g/mol. The molecule has 1 unspecified atom stereocenters. The van der Waals surface area contributed by atoms with Gasteiger partial charge in [-0.05, 0) is 13.3 Å². The molecule has 0 aromatic carbocycles. The molecule has 1 fully saturated rings. The van der Waals surface area contributed by atoms with Gasteiger partial charge in [0.2, 0.25) is 0 Å². The minimum atomic E-state index is -0.364. The highest BCUT2D eigenvalue weighted by atomic mass is 16.6. The molecule has 1 aliphatic rings. The van der Waals surface area contributed by atoms with Crippen molar-refractivity contribution in [3.8, 4) is 0 Å². The summed E-state index contributed by atoms with van der Waals surface area (Å²) >= 11 is 0. The smallest absolute Gasteiger partial charge is 0.410 e. The van der Waals surface area contributed by atoms with E-state index in [0.29, 0.717) is 6.54 Å². The van der Waals surface area contributed by atoms with Gasteiger partial charge in [0.25, 0.3) is 0 Å². The fraction of sp³-hybridized carbons (Fsp3) is 0.750. The van der Waals surface area contributed by atoms with Crippen LogP contribution >= 0.6 is 0 Å². The Morgan fingerprint density at radius 2 is 2.42 bits per heavy atom. The number of Topliss-reactive ketones (excluding diaryl/α,β-unsaturated/α-hetero) is 1. The molecule has 1 heterocycles. The van der Waals surface area contributed by atoms with Gasteiger partial charge in [-0.3, -0.25) is 9.69 Å². The molecule has 0 saturated carbocycles. The van der Waals surface area contributed by atoms with Crippen LogP contribution in [0.15, 0.2) is 0 Å². The molecular formula is C8H13NO3. The Hall–Kier alpha value is -1.06. The van der Waals surface area contributed by atoms with E-state index in [0.717, 1.165) is 6.42 Å². The molecule has 1 aliphatic heterocycles. The van der Waals surface area contributed by atoms with Crippen molar-refractivity contribution in [1.29, 1.82) is 0 Å². The summed E-state index contributed by atoms with van der Waals surface area (Å²) in [5.74, 6) is -0.0105. The lowest BCUT2D eigenvalue weighted by atomic mass is 10.3. The number of carbonyl (C=O) groups is 2. The number of hydrogen-bond donors (Lipinski definition) is 0. The average Bonchev–Trinajstić information content (AvgIpc) is 2.31. The van der Waals surface area contributed by atoms with Crippen molar-refractivity contribution in [2.75, 3.05) is 13.1 Å². The maximum Gasteiger partial charge on any atom is 0.410 e. The molecule has 12 heavy (non-hydrogen) atoms. The fourth-order valence-corrected chi connectivity index (χ4v) is 1.19. The second kappa shape index (κ2) is 3.56. The molecule has 0 spiro atoms. The topological polar surface area (TPSA) is 46.6 Å². The molecule has 1 saturated heterocycles. The Labute approximate surface area is 71.5 Å². The summed E-state index contributed by atoms with van der Waals surface area (Å²) in [4.78, 5) is 23.2. The second-order valence-corrected chi connectivity index (χ2v) is 3.00. The lowest BCUT2D eigenvalue weighted by Crippen LogP contribution is -2.29. The van der Waals surface area contributed by atoms with E-state index in [2.05, 4.69) is 0 Å².